The van der Waals surface area contributed by atoms with Crippen LogP contribution in [0.5, 0.6) is 0 Å². The van der Waals surface area contributed by atoms with Crippen molar-refractivity contribution in [3.8, 4) is 0 Å². The molecule has 1 aliphatic carbocycles. The van der Waals surface area contributed by atoms with Crippen LogP contribution in [0.25, 0.3) is 0 Å². The van der Waals surface area contributed by atoms with Crippen LogP contribution in [-0.2, 0) is 16.1 Å². The third kappa shape index (κ3) is 9.09. The summed E-state index contributed by atoms with van der Waals surface area (Å²) in [6.07, 6.45) is 6.47. The molecule has 1 aromatic heterocycles. The number of likely N-dealkylation sites (N-methyl/N-ethyl adjacent to an activating group) is 1. The summed E-state index contributed by atoms with van der Waals surface area (Å²) in [6.45, 7) is 4.46. The minimum Gasteiger partial charge on any atom is -0.378 e. The molecule has 1 unspecified atom stereocenters. The standard InChI is InChI=1S/C20H34N4O2S.HI/c1-4-26-18(16-8-5-6-9-16)11-12-21-20(23-15-19(25)24(2)3)22-14-17-10-7-13-27-17;/h7,10,13,16,18H,4-6,8-9,11-12,14-15H2,1-3H3,(H2,21,22,23);1H. The van der Waals surface area contributed by atoms with Gasteiger partial charge in [-0.15, -0.1) is 35.3 Å². The fraction of sp³-hybridized carbons (Fsp3) is 0.700. The van der Waals surface area contributed by atoms with Crippen LogP contribution in [0.3, 0.4) is 0 Å². The van der Waals surface area contributed by atoms with Gasteiger partial charge in [-0.2, -0.15) is 0 Å². The Morgan fingerprint density at radius 1 is 1.36 bits per heavy atom. The normalized spacial score (nSPS) is 15.8. The SMILES string of the molecule is CCOC(CCNC(=NCC(=O)N(C)C)NCc1cccs1)C1CCCC1.I. The molecular formula is C20H35IN4O2S. The monoisotopic (exact) mass is 522 g/mol. The van der Waals surface area contributed by atoms with Crippen molar-refractivity contribution >= 4 is 47.2 Å². The third-order valence-corrected chi connectivity index (χ3v) is 5.79. The van der Waals surface area contributed by atoms with Crippen LogP contribution < -0.4 is 10.6 Å². The van der Waals surface area contributed by atoms with Gasteiger partial charge in [0.1, 0.15) is 6.54 Å². The van der Waals surface area contributed by atoms with Gasteiger partial charge in [0.25, 0.3) is 0 Å². The van der Waals surface area contributed by atoms with Crippen LogP contribution in [0.2, 0.25) is 0 Å². The Balaban J connectivity index is 0.00000392. The zero-order valence-corrected chi connectivity index (χ0v) is 20.4. The Bertz CT molecular complexity index is 575. The number of halogens is 1. The molecule has 0 aliphatic heterocycles. The Morgan fingerprint density at radius 3 is 2.71 bits per heavy atom. The van der Waals surface area contributed by atoms with E-state index in [1.807, 2.05) is 6.07 Å². The molecule has 1 fully saturated rings. The van der Waals surface area contributed by atoms with E-state index >= 15 is 0 Å². The molecule has 0 saturated heterocycles. The summed E-state index contributed by atoms with van der Waals surface area (Å²) in [5, 5.41) is 8.77. The Hall–Kier alpha value is -0.870. The zero-order chi connectivity index (χ0) is 19.5. The second-order valence-electron chi connectivity index (χ2n) is 7.14. The molecule has 0 bridgehead atoms. The highest BCUT2D eigenvalue weighted by atomic mass is 127. The quantitative estimate of drug-likeness (QED) is 0.281. The van der Waals surface area contributed by atoms with Crippen molar-refractivity contribution in [1.82, 2.24) is 15.5 Å². The van der Waals surface area contributed by atoms with Crippen molar-refractivity contribution in [2.75, 3.05) is 33.8 Å². The van der Waals surface area contributed by atoms with Gasteiger partial charge in [-0.05, 0) is 43.6 Å². The summed E-state index contributed by atoms with van der Waals surface area (Å²) in [4.78, 5) is 19.1. The molecule has 1 aliphatic rings. The number of amides is 1. The first-order valence-electron chi connectivity index (χ1n) is 9.96. The van der Waals surface area contributed by atoms with E-state index in [4.69, 9.17) is 4.74 Å². The van der Waals surface area contributed by atoms with Gasteiger partial charge in [0.15, 0.2) is 5.96 Å². The number of rotatable bonds is 10. The molecule has 160 valence electrons. The number of hydrogen-bond donors (Lipinski definition) is 2. The number of nitrogens with one attached hydrogen (secondary N) is 2. The molecule has 2 N–H and O–H groups in total. The van der Waals surface area contributed by atoms with Gasteiger partial charge in [0.05, 0.1) is 12.6 Å². The maximum atomic E-state index is 11.9. The van der Waals surface area contributed by atoms with E-state index in [2.05, 4.69) is 34.0 Å². The van der Waals surface area contributed by atoms with E-state index in [0.717, 1.165) is 19.6 Å². The predicted molar refractivity (Wildman–Crippen MR) is 128 cm³/mol. The average Bonchev–Trinajstić information content (AvgIpc) is 3.36. The van der Waals surface area contributed by atoms with Crippen molar-refractivity contribution < 1.29 is 9.53 Å². The van der Waals surface area contributed by atoms with Gasteiger partial charge in [0, 0.05) is 32.1 Å². The molecule has 0 radical (unpaired) electrons. The van der Waals surface area contributed by atoms with Crippen LogP contribution in [0.15, 0.2) is 22.5 Å². The minimum absolute atomic E-state index is 0. The molecule has 1 saturated carbocycles. The number of nitrogens with zero attached hydrogens (tertiary/aromatic N) is 2. The van der Waals surface area contributed by atoms with Crippen LogP contribution >= 0.6 is 35.3 Å². The van der Waals surface area contributed by atoms with E-state index in [9.17, 15) is 4.79 Å². The van der Waals surface area contributed by atoms with E-state index in [1.165, 1.54) is 30.6 Å². The summed E-state index contributed by atoms with van der Waals surface area (Å²) < 4.78 is 6.00. The fourth-order valence-corrected chi connectivity index (χ4v) is 4.02. The summed E-state index contributed by atoms with van der Waals surface area (Å²) in [6, 6.07) is 4.13. The molecule has 28 heavy (non-hydrogen) atoms. The lowest BCUT2D eigenvalue weighted by atomic mass is 9.98. The Labute approximate surface area is 190 Å². The van der Waals surface area contributed by atoms with Gasteiger partial charge < -0.3 is 20.3 Å². The number of carbonyl (C=O) groups excluding carboxylic acids is 1. The lowest BCUT2D eigenvalue weighted by molar-refractivity contribution is -0.127. The van der Waals surface area contributed by atoms with Crippen molar-refractivity contribution in [3.63, 3.8) is 0 Å². The predicted octanol–water partition coefficient (Wildman–Crippen LogP) is 3.47. The number of guanidine groups is 1. The molecule has 1 heterocycles. The first-order chi connectivity index (χ1) is 13.1. The molecular weight excluding hydrogens is 487 g/mol. The van der Waals surface area contributed by atoms with Crippen LogP contribution in [0.1, 0.15) is 43.9 Å². The summed E-state index contributed by atoms with van der Waals surface area (Å²) in [5.74, 6) is 1.35. The number of carbonyl (C=O) groups is 1. The molecule has 8 heteroatoms. The van der Waals surface area contributed by atoms with Crippen LogP contribution in [0.4, 0.5) is 0 Å². The Morgan fingerprint density at radius 2 is 2.11 bits per heavy atom. The highest BCUT2D eigenvalue weighted by molar-refractivity contribution is 14.0. The zero-order valence-electron chi connectivity index (χ0n) is 17.3. The summed E-state index contributed by atoms with van der Waals surface area (Å²) in [7, 11) is 3.50. The number of hydrogen-bond acceptors (Lipinski definition) is 4. The molecule has 2 rings (SSSR count). The second kappa shape index (κ2) is 14.2. The van der Waals surface area contributed by atoms with Gasteiger partial charge in [-0.25, -0.2) is 4.99 Å². The van der Waals surface area contributed by atoms with Gasteiger partial charge in [-0.1, -0.05) is 18.9 Å². The Kier molecular flexibility index (Phi) is 12.7. The first-order valence-corrected chi connectivity index (χ1v) is 10.8. The lowest BCUT2D eigenvalue weighted by Crippen LogP contribution is -2.40. The van der Waals surface area contributed by atoms with Crippen molar-refractivity contribution in [1.29, 1.82) is 0 Å². The number of ether oxygens (including phenoxy) is 1. The van der Waals surface area contributed by atoms with Gasteiger partial charge in [0.2, 0.25) is 5.91 Å². The molecule has 1 aromatic rings. The van der Waals surface area contributed by atoms with Crippen molar-refractivity contribution in [3.05, 3.63) is 22.4 Å². The third-order valence-electron chi connectivity index (χ3n) is 4.91. The lowest BCUT2D eigenvalue weighted by Gasteiger charge is -2.24. The molecule has 1 atom stereocenters. The number of thiophene rings is 1. The van der Waals surface area contributed by atoms with Gasteiger partial charge in [-0.3, -0.25) is 4.79 Å². The molecule has 0 spiro atoms. The van der Waals surface area contributed by atoms with Crippen molar-refractivity contribution in [2.45, 2.75) is 51.7 Å². The topological polar surface area (TPSA) is 66.0 Å². The largest absolute Gasteiger partial charge is 0.378 e. The van der Waals surface area contributed by atoms with Crippen molar-refractivity contribution in [2.24, 2.45) is 10.9 Å². The van der Waals surface area contributed by atoms with E-state index in [1.54, 1.807) is 30.3 Å². The number of aliphatic imine (C=N–C) groups is 1. The summed E-state index contributed by atoms with van der Waals surface area (Å²) in [5.41, 5.74) is 0. The minimum atomic E-state index is -0.00891. The van der Waals surface area contributed by atoms with E-state index in [0.29, 0.717) is 24.5 Å². The average molecular weight is 522 g/mol. The molecule has 0 aromatic carbocycles. The van der Waals surface area contributed by atoms with Crippen LogP contribution in [0, 0.1) is 5.92 Å². The maximum absolute atomic E-state index is 11.9. The highest BCUT2D eigenvalue weighted by Crippen LogP contribution is 2.30. The van der Waals surface area contributed by atoms with E-state index < -0.39 is 0 Å². The van der Waals surface area contributed by atoms with E-state index in [-0.39, 0.29) is 36.4 Å². The maximum Gasteiger partial charge on any atom is 0.243 e. The second-order valence-corrected chi connectivity index (χ2v) is 8.17. The smallest absolute Gasteiger partial charge is 0.243 e. The summed E-state index contributed by atoms with van der Waals surface area (Å²) >= 11 is 1.71. The highest BCUT2D eigenvalue weighted by Gasteiger charge is 2.25. The fourth-order valence-electron chi connectivity index (χ4n) is 3.38. The molecule has 6 nitrogen and oxygen atoms in total. The molecule has 1 amide bonds. The van der Waals surface area contributed by atoms with Crippen LogP contribution in [-0.4, -0.2) is 56.7 Å². The van der Waals surface area contributed by atoms with Gasteiger partial charge >= 0.3 is 0 Å². The first kappa shape index (κ1) is 25.2.